The van der Waals surface area contributed by atoms with E-state index in [-0.39, 0.29) is 0 Å². The zero-order valence-electron chi connectivity index (χ0n) is 19.4. The Bertz CT molecular complexity index is 1460. The molecule has 1 atom stereocenters. The molecule has 3 aromatic heterocycles. The molecule has 0 bridgehead atoms. The van der Waals surface area contributed by atoms with Gasteiger partial charge in [-0.2, -0.15) is 0 Å². The van der Waals surface area contributed by atoms with Gasteiger partial charge in [-0.05, 0) is 87.2 Å². The predicted molar refractivity (Wildman–Crippen MR) is 136 cm³/mol. The van der Waals surface area contributed by atoms with Crippen LogP contribution in [0.2, 0.25) is 0 Å². The first-order valence-electron chi connectivity index (χ1n) is 11.8. The van der Waals surface area contributed by atoms with E-state index < -0.39 is 0 Å². The summed E-state index contributed by atoms with van der Waals surface area (Å²) in [7, 11) is 0. The van der Waals surface area contributed by atoms with Crippen LogP contribution in [0.15, 0.2) is 48.5 Å². The van der Waals surface area contributed by atoms with Gasteiger partial charge in [-0.3, -0.25) is 4.98 Å². The van der Waals surface area contributed by atoms with Crippen LogP contribution in [0.4, 0.5) is 0 Å². The molecular formula is C28H29N5. The van der Waals surface area contributed by atoms with E-state index in [1.54, 1.807) is 0 Å². The highest BCUT2D eigenvalue weighted by molar-refractivity contribution is 5.94. The summed E-state index contributed by atoms with van der Waals surface area (Å²) in [6.07, 6.45) is 2.41. The largest absolute Gasteiger partial charge is 0.354 e. The number of H-pyrrole nitrogens is 2. The van der Waals surface area contributed by atoms with Crippen LogP contribution >= 0.6 is 0 Å². The Morgan fingerprint density at radius 3 is 2.30 bits per heavy atom. The van der Waals surface area contributed by atoms with E-state index in [2.05, 4.69) is 75.7 Å². The second kappa shape index (κ2) is 7.85. The zero-order valence-corrected chi connectivity index (χ0v) is 19.4. The maximum Gasteiger partial charge on any atom is 0.111 e. The Labute approximate surface area is 193 Å². The maximum absolute atomic E-state index is 4.88. The third-order valence-electron chi connectivity index (χ3n) is 6.95. The van der Waals surface area contributed by atoms with Crippen LogP contribution in [-0.2, 0) is 0 Å². The normalized spacial score (nSPS) is 16.6. The number of nitrogens with one attached hydrogen (secondary N) is 3. The fourth-order valence-electron chi connectivity index (χ4n) is 5.27. The van der Waals surface area contributed by atoms with Gasteiger partial charge in [0.05, 0.1) is 11.0 Å². The van der Waals surface area contributed by atoms with Gasteiger partial charge in [-0.1, -0.05) is 18.2 Å². The molecule has 6 rings (SSSR count). The van der Waals surface area contributed by atoms with Crippen molar-refractivity contribution in [2.24, 2.45) is 0 Å². The zero-order chi connectivity index (χ0) is 22.5. The van der Waals surface area contributed by atoms with E-state index in [4.69, 9.17) is 4.98 Å². The minimum absolute atomic E-state index is 0.478. The van der Waals surface area contributed by atoms with Gasteiger partial charge >= 0.3 is 0 Å². The first kappa shape index (κ1) is 20.2. The molecule has 0 unspecified atom stereocenters. The summed E-state index contributed by atoms with van der Waals surface area (Å²) in [5.74, 6) is 1.59. The quantitative estimate of drug-likeness (QED) is 0.318. The molecule has 0 radical (unpaired) electrons. The number of nitrogens with zero attached hydrogens (tertiary/aromatic N) is 2. The smallest absolute Gasteiger partial charge is 0.111 e. The van der Waals surface area contributed by atoms with Gasteiger partial charge in [0, 0.05) is 46.0 Å². The number of fused-ring (bicyclic) bond motifs is 2. The van der Waals surface area contributed by atoms with Crippen molar-refractivity contribution in [2.45, 2.75) is 39.5 Å². The lowest BCUT2D eigenvalue weighted by Gasteiger charge is -2.20. The number of piperidine rings is 1. The fourth-order valence-corrected chi connectivity index (χ4v) is 5.27. The molecule has 5 aromatic rings. The highest BCUT2D eigenvalue weighted by atomic mass is 15.0. The van der Waals surface area contributed by atoms with Crippen molar-refractivity contribution in [3.8, 4) is 22.4 Å². The van der Waals surface area contributed by atoms with Gasteiger partial charge in [0.2, 0.25) is 0 Å². The molecule has 3 N–H and O–H groups in total. The van der Waals surface area contributed by atoms with E-state index in [9.17, 15) is 0 Å². The molecule has 0 spiro atoms. The van der Waals surface area contributed by atoms with Crippen molar-refractivity contribution in [3.05, 3.63) is 71.3 Å². The summed E-state index contributed by atoms with van der Waals surface area (Å²) in [5, 5.41) is 4.75. The Balaban J connectivity index is 1.38. The Hall–Kier alpha value is -3.44. The topological polar surface area (TPSA) is 69.4 Å². The summed E-state index contributed by atoms with van der Waals surface area (Å²) in [4.78, 5) is 16.7. The van der Waals surface area contributed by atoms with E-state index in [0.717, 1.165) is 46.9 Å². The third kappa shape index (κ3) is 3.62. The number of pyridine rings is 1. The van der Waals surface area contributed by atoms with Crippen molar-refractivity contribution in [3.63, 3.8) is 0 Å². The minimum atomic E-state index is 0.478. The highest BCUT2D eigenvalue weighted by Crippen LogP contribution is 2.34. The van der Waals surface area contributed by atoms with Crippen molar-refractivity contribution in [1.29, 1.82) is 0 Å². The number of rotatable bonds is 3. The summed E-state index contributed by atoms with van der Waals surface area (Å²) in [5.41, 5.74) is 11.4. The molecule has 1 aliphatic heterocycles. The molecule has 1 saturated heterocycles. The van der Waals surface area contributed by atoms with Crippen molar-refractivity contribution < 1.29 is 0 Å². The van der Waals surface area contributed by atoms with Gasteiger partial charge < -0.3 is 15.3 Å². The van der Waals surface area contributed by atoms with Crippen LogP contribution in [0.1, 0.15) is 41.5 Å². The van der Waals surface area contributed by atoms with Crippen LogP contribution in [-0.4, -0.2) is 33.0 Å². The first-order valence-corrected chi connectivity index (χ1v) is 11.8. The van der Waals surface area contributed by atoms with Crippen molar-refractivity contribution in [1.82, 2.24) is 25.3 Å². The van der Waals surface area contributed by atoms with Gasteiger partial charge in [0.25, 0.3) is 0 Å². The molecule has 1 aliphatic rings. The summed E-state index contributed by atoms with van der Waals surface area (Å²) < 4.78 is 0. The fraction of sp³-hybridized carbons (Fsp3) is 0.286. The van der Waals surface area contributed by atoms with Crippen LogP contribution in [0.3, 0.4) is 0 Å². The average Bonchev–Trinajstić information content (AvgIpc) is 3.39. The van der Waals surface area contributed by atoms with E-state index in [0.29, 0.717) is 5.92 Å². The summed E-state index contributed by atoms with van der Waals surface area (Å²) >= 11 is 0. The summed E-state index contributed by atoms with van der Waals surface area (Å²) in [6, 6.07) is 17.6. The van der Waals surface area contributed by atoms with Gasteiger partial charge in [-0.25, -0.2) is 4.98 Å². The maximum atomic E-state index is 4.88. The molecule has 5 heteroatoms. The first-order chi connectivity index (χ1) is 16.0. The number of benzene rings is 2. The molecular weight excluding hydrogens is 406 g/mol. The number of aryl methyl sites for hydroxylation is 3. The lowest BCUT2D eigenvalue weighted by atomic mass is 9.99. The van der Waals surface area contributed by atoms with Crippen molar-refractivity contribution >= 4 is 21.9 Å². The van der Waals surface area contributed by atoms with Gasteiger partial charge in [0.1, 0.15) is 5.82 Å². The highest BCUT2D eigenvalue weighted by Gasteiger charge is 2.19. The van der Waals surface area contributed by atoms with Crippen LogP contribution in [0.5, 0.6) is 0 Å². The van der Waals surface area contributed by atoms with E-state index in [1.807, 2.05) is 13.8 Å². The third-order valence-corrected chi connectivity index (χ3v) is 6.95. The number of aromatic amines is 2. The van der Waals surface area contributed by atoms with Crippen LogP contribution in [0.25, 0.3) is 44.3 Å². The lowest BCUT2D eigenvalue weighted by molar-refractivity contribution is 0.449. The Morgan fingerprint density at radius 2 is 1.55 bits per heavy atom. The Kier molecular flexibility index (Phi) is 4.80. The van der Waals surface area contributed by atoms with E-state index in [1.165, 1.54) is 46.2 Å². The molecule has 2 aromatic carbocycles. The van der Waals surface area contributed by atoms with Crippen LogP contribution in [0, 0.1) is 20.8 Å². The molecule has 1 fully saturated rings. The minimum Gasteiger partial charge on any atom is -0.354 e. The molecule has 5 nitrogen and oxygen atoms in total. The SMILES string of the molecule is Cc1cc(-c2[nH]c3cc(-c4ccc5nc([C@@H]6CCCNC6)[nH]c5c4)ccc3c2C)cc(C)n1. The second-order valence-electron chi connectivity index (χ2n) is 9.42. The molecule has 33 heavy (non-hydrogen) atoms. The molecule has 4 heterocycles. The molecule has 0 amide bonds. The van der Waals surface area contributed by atoms with E-state index >= 15 is 0 Å². The second-order valence-corrected chi connectivity index (χ2v) is 9.42. The standard InChI is InChI=1S/C28H29N5/c1-16-11-22(12-17(2)30-16)27-18(3)23-8-6-19(13-25(23)31-27)20-7-9-24-26(14-20)33-28(32-24)21-5-4-10-29-15-21/h6-9,11-14,21,29,31H,4-5,10,15H2,1-3H3,(H,32,33)/t21-/m1/s1. The lowest BCUT2D eigenvalue weighted by Crippen LogP contribution is -2.28. The number of hydrogen-bond acceptors (Lipinski definition) is 3. The average molecular weight is 436 g/mol. The number of imidazole rings is 1. The van der Waals surface area contributed by atoms with Crippen molar-refractivity contribution in [2.75, 3.05) is 13.1 Å². The molecule has 0 aliphatic carbocycles. The summed E-state index contributed by atoms with van der Waals surface area (Å²) in [6.45, 7) is 8.41. The molecule has 166 valence electrons. The van der Waals surface area contributed by atoms with Gasteiger partial charge in [0.15, 0.2) is 0 Å². The number of hydrogen-bond donors (Lipinski definition) is 3. The number of aromatic nitrogens is 4. The van der Waals surface area contributed by atoms with Crippen LogP contribution < -0.4 is 5.32 Å². The monoisotopic (exact) mass is 435 g/mol. The molecule has 0 saturated carbocycles. The predicted octanol–water partition coefficient (Wildman–Crippen LogP) is 6.17. The van der Waals surface area contributed by atoms with Gasteiger partial charge in [-0.15, -0.1) is 0 Å². The Morgan fingerprint density at radius 1 is 0.788 bits per heavy atom.